The zero-order valence-corrected chi connectivity index (χ0v) is 24.2. The van der Waals surface area contributed by atoms with Crippen LogP contribution < -0.4 is 5.32 Å². The maximum Gasteiger partial charge on any atom is 0.224 e. The summed E-state index contributed by atoms with van der Waals surface area (Å²) in [6.45, 7) is 12.1. The first-order chi connectivity index (χ1) is 17.5. The Morgan fingerprint density at radius 1 is 1.05 bits per heavy atom. The highest BCUT2D eigenvalue weighted by Gasteiger charge is 2.31. The number of allylic oxidation sites excluding steroid dienone is 2. The Morgan fingerprint density at radius 2 is 1.73 bits per heavy atom. The van der Waals surface area contributed by atoms with E-state index in [2.05, 4.69) is 31.3 Å². The topological polar surface area (TPSA) is 80.3 Å². The second-order valence-corrected chi connectivity index (χ2v) is 12.4. The van der Waals surface area contributed by atoms with Crippen LogP contribution in [0.3, 0.4) is 0 Å². The number of rotatable bonds is 9. The first-order valence-electron chi connectivity index (χ1n) is 13.7. The van der Waals surface area contributed by atoms with Crippen molar-refractivity contribution in [3.63, 3.8) is 0 Å². The number of hydrogen-bond acceptors (Lipinski definition) is 5. The fourth-order valence-electron chi connectivity index (χ4n) is 4.55. The second kappa shape index (κ2) is 15.3. The first-order valence-corrected chi connectivity index (χ1v) is 14.9. The number of thioether (sulfide) groups is 1. The normalized spacial score (nSPS) is 22.2. The molecular weight excluding hydrogens is 482 g/mol. The summed E-state index contributed by atoms with van der Waals surface area (Å²) < 4.78 is 0. The van der Waals surface area contributed by atoms with Gasteiger partial charge in [0.2, 0.25) is 5.91 Å². The molecule has 1 aliphatic heterocycles. The molecule has 0 spiro atoms. The van der Waals surface area contributed by atoms with Crippen molar-refractivity contribution in [2.45, 2.75) is 85.6 Å². The highest BCUT2D eigenvalue weighted by atomic mass is 32.2. The van der Waals surface area contributed by atoms with Gasteiger partial charge in [-0.3, -0.25) is 19.2 Å². The van der Waals surface area contributed by atoms with E-state index < -0.39 is 12.0 Å². The lowest BCUT2D eigenvalue weighted by Crippen LogP contribution is -2.47. The van der Waals surface area contributed by atoms with Crippen molar-refractivity contribution in [3.8, 4) is 0 Å². The van der Waals surface area contributed by atoms with Gasteiger partial charge < -0.3 is 5.32 Å². The Balaban J connectivity index is 2.07. The average Bonchev–Trinajstić information content (AvgIpc) is 2.83. The number of benzene rings is 1. The number of amides is 1. The molecule has 37 heavy (non-hydrogen) atoms. The molecule has 0 saturated heterocycles. The quantitative estimate of drug-likeness (QED) is 0.429. The van der Waals surface area contributed by atoms with Gasteiger partial charge in [0.25, 0.3) is 0 Å². The molecule has 0 radical (unpaired) electrons. The van der Waals surface area contributed by atoms with Crippen LogP contribution in [0.5, 0.6) is 0 Å². The minimum Gasteiger partial charge on any atom is -0.345 e. The van der Waals surface area contributed by atoms with E-state index in [0.717, 1.165) is 24.2 Å². The summed E-state index contributed by atoms with van der Waals surface area (Å²) in [7, 11) is 0. The molecule has 0 saturated carbocycles. The second-order valence-electron chi connectivity index (χ2n) is 11.3. The van der Waals surface area contributed by atoms with Crippen LogP contribution in [0, 0.1) is 23.7 Å². The van der Waals surface area contributed by atoms with Crippen molar-refractivity contribution in [2.75, 3.05) is 11.5 Å². The molecule has 6 heteroatoms. The molecule has 204 valence electrons. The van der Waals surface area contributed by atoms with Crippen molar-refractivity contribution in [3.05, 3.63) is 47.5 Å². The third-order valence-corrected chi connectivity index (χ3v) is 8.15. The van der Waals surface area contributed by atoms with Crippen molar-refractivity contribution in [1.82, 2.24) is 5.32 Å². The van der Waals surface area contributed by atoms with Crippen LogP contribution in [0.4, 0.5) is 0 Å². The summed E-state index contributed by atoms with van der Waals surface area (Å²) in [6.07, 6.45) is 6.03. The lowest BCUT2D eigenvalue weighted by Gasteiger charge is -2.25. The maximum absolute atomic E-state index is 13.4. The third-order valence-electron chi connectivity index (χ3n) is 7.00. The molecule has 1 aliphatic rings. The molecule has 1 N–H and O–H groups in total. The van der Waals surface area contributed by atoms with E-state index in [4.69, 9.17) is 0 Å². The number of hydrogen-bond donors (Lipinski definition) is 1. The van der Waals surface area contributed by atoms with Gasteiger partial charge in [0, 0.05) is 36.9 Å². The van der Waals surface area contributed by atoms with Gasteiger partial charge in [0.05, 0.1) is 6.04 Å². The Morgan fingerprint density at radius 3 is 2.35 bits per heavy atom. The lowest BCUT2D eigenvalue weighted by molar-refractivity contribution is -0.133. The standard InChI is InChI=1S/C31H45NO4S/c1-20(2)16-24-10-12-25(13-11-24)23(6)29(34)18-27(21(3)4)31(36)32-28-19-37-15-7-8-26(33)14-9-22(5)17-30(28)35/h9-14,20-23,27-28H,7-8,15-19H2,1-6H3,(H,32,36)/b14-9+/t22-,23-,27-,28-/m0/s1. The van der Waals surface area contributed by atoms with E-state index in [0.29, 0.717) is 18.1 Å². The van der Waals surface area contributed by atoms with E-state index in [9.17, 15) is 19.2 Å². The Hall–Kier alpha value is -2.21. The molecule has 4 atom stereocenters. The zero-order chi connectivity index (χ0) is 27.5. The van der Waals surface area contributed by atoms with Crippen LogP contribution in [0.25, 0.3) is 0 Å². The van der Waals surface area contributed by atoms with Crippen LogP contribution >= 0.6 is 11.8 Å². The van der Waals surface area contributed by atoms with Crippen molar-refractivity contribution < 1.29 is 19.2 Å². The fraction of sp³-hybridized carbons (Fsp3) is 0.613. The number of carbonyl (C=O) groups excluding carboxylic acids is 4. The van der Waals surface area contributed by atoms with Gasteiger partial charge in [0.1, 0.15) is 5.78 Å². The number of carbonyl (C=O) groups is 4. The van der Waals surface area contributed by atoms with Gasteiger partial charge in [0.15, 0.2) is 11.6 Å². The van der Waals surface area contributed by atoms with E-state index in [1.165, 1.54) is 5.56 Å². The average molecular weight is 528 g/mol. The first kappa shape index (κ1) is 31.0. The molecule has 1 aromatic rings. The van der Waals surface area contributed by atoms with Gasteiger partial charge in [-0.2, -0.15) is 11.8 Å². The molecule has 0 bridgehead atoms. The molecule has 0 aliphatic carbocycles. The van der Waals surface area contributed by atoms with Gasteiger partial charge in [-0.25, -0.2) is 0 Å². The predicted molar refractivity (Wildman–Crippen MR) is 153 cm³/mol. The van der Waals surface area contributed by atoms with E-state index in [-0.39, 0.29) is 53.9 Å². The van der Waals surface area contributed by atoms with Crippen LogP contribution in [0.15, 0.2) is 36.4 Å². The number of ketones is 3. The molecule has 1 heterocycles. The smallest absolute Gasteiger partial charge is 0.224 e. The summed E-state index contributed by atoms with van der Waals surface area (Å²) in [6, 6.07) is 7.63. The molecule has 2 rings (SSSR count). The minimum atomic E-state index is -0.592. The predicted octanol–water partition coefficient (Wildman–Crippen LogP) is 5.95. The monoisotopic (exact) mass is 527 g/mol. The molecule has 1 aromatic carbocycles. The highest BCUT2D eigenvalue weighted by Crippen LogP contribution is 2.25. The summed E-state index contributed by atoms with van der Waals surface area (Å²) >= 11 is 1.59. The van der Waals surface area contributed by atoms with Gasteiger partial charge in [-0.15, -0.1) is 0 Å². The largest absolute Gasteiger partial charge is 0.345 e. The molecular formula is C31H45NO4S. The lowest BCUT2D eigenvalue weighted by atomic mass is 9.84. The van der Waals surface area contributed by atoms with Crippen LogP contribution in [0.2, 0.25) is 0 Å². The van der Waals surface area contributed by atoms with E-state index in [1.54, 1.807) is 23.9 Å². The van der Waals surface area contributed by atoms with Gasteiger partial charge in [-0.05, 0) is 53.6 Å². The fourth-order valence-corrected chi connectivity index (χ4v) is 5.57. The number of nitrogens with one attached hydrogen (secondary N) is 1. The molecule has 0 aromatic heterocycles. The highest BCUT2D eigenvalue weighted by molar-refractivity contribution is 7.99. The van der Waals surface area contributed by atoms with Crippen molar-refractivity contribution in [1.29, 1.82) is 0 Å². The summed E-state index contributed by atoms with van der Waals surface area (Å²) in [5, 5.41) is 2.99. The molecule has 0 unspecified atom stereocenters. The minimum absolute atomic E-state index is 0.0327. The Bertz CT molecular complexity index is 950. The molecule has 1 amide bonds. The third kappa shape index (κ3) is 10.6. The Labute approximate surface area is 227 Å². The summed E-state index contributed by atoms with van der Waals surface area (Å²) in [5.74, 6) is 0.777. The maximum atomic E-state index is 13.4. The Kier molecular flexibility index (Phi) is 12.8. The summed E-state index contributed by atoms with van der Waals surface area (Å²) in [4.78, 5) is 51.5. The van der Waals surface area contributed by atoms with Crippen LogP contribution in [0.1, 0.15) is 84.3 Å². The molecule has 0 fully saturated rings. The van der Waals surface area contributed by atoms with Crippen molar-refractivity contribution in [2.24, 2.45) is 23.7 Å². The van der Waals surface area contributed by atoms with Gasteiger partial charge >= 0.3 is 0 Å². The van der Waals surface area contributed by atoms with Crippen LogP contribution in [-0.4, -0.2) is 40.8 Å². The number of Topliss-reactive ketones (excluding diaryl/α,β-unsaturated/α-hetero) is 2. The van der Waals surface area contributed by atoms with Crippen LogP contribution in [-0.2, 0) is 25.6 Å². The summed E-state index contributed by atoms with van der Waals surface area (Å²) in [5.41, 5.74) is 2.22. The SMILES string of the molecule is CC(C)Cc1ccc([C@H](C)C(=O)C[C@H](C(=O)N[C@H]2CSCCCC(=O)/C=C/[C@H](C)CC2=O)C(C)C)cc1. The van der Waals surface area contributed by atoms with E-state index >= 15 is 0 Å². The molecule has 5 nitrogen and oxygen atoms in total. The zero-order valence-electron chi connectivity index (χ0n) is 23.4. The van der Waals surface area contributed by atoms with Gasteiger partial charge in [-0.1, -0.05) is 71.9 Å². The van der Waals surface area contributed by atoms with Crippen molar-refractivity contribution >= 4 is 35.0 Å². The van der Waals surface area contributed by atoms with E-state index in [1.807, 2.05) is 39.8 Å².